The third-order valence-corrected chi connectivity index (χ3v) is 3.76. The maximum atomic E-state index is 12.7. The zero-order valence-corrected chi connectivity index (χ0v) is 14.6. The Morgan fingerprint density at radius 1 is 1.21 bits per heavy atom. The van der Waals surface area contributed by atoms with Gasteiger partial charge in [-0.2, -0.15) is 18.2 Å². The highest BCUT2D eigenvalue weighted by molar-refractivity contribution is 6.27. The molecule has 2 heterocycles. The quantitative estimate of drug-likeness (QED) is 0.612. The van der Waals surface area contributed by atoms with Crippen molar-refractivity contribution in [3.8, 4) is 11.4 Å². The van der Waals surface area contributed by atoms with Gasteiger partial charge in [0.1, 0.15) is 0 Å². The highest BCUT2D eigenvalue weighted by Crippen LogP contribution is 2.32. The fraction of sp³-hybridized carbons (Fsp3) is 0.312. The first-order valence-corrected chi connectivity index (χ1v) is 7.95. The molecule has 1 aliphatic heterocycles. The van der Waals surface area contributed by atoms with E-state index in [0.29, 0.717) is 19.0 Å². The topological polar surface area (TPSA) is 160 Å². The number of benzene rings is 1. The van der Waals surface area contributed by atoms with Gasteiger partial charge in [0, 0.05) is 18.7 Å². The molecule has 0 radical (unpaired) electrons. The smallest absolute Gasteiger partial charge is 0.416 e. The first kappa shape index (κ1) is 21.8. The number of nitrogens with zero attached hydrogens (tertiary/aromatic N) is 3. The number of likely N-dealkylation sites (tertiary alicyclic amines) is 1. The van der Waals surface area contributed by atoms with Crippen molar-refractivity contribution >= 4 is 17.8 Å². The van der Waals surface area contributed by atoms with Gasteiger partial charge in [0.05, 0.1) is 18.0 Å². The number of aliphatic carboxylic acids is 2. The number of primary amides is 1. The minimum Gasteiger partial charge on any atom is -0.473 e. The fourth-order valence-corrected chi connectivity index (χ4v) is 2.43. The molecule has 4 N–H and O–H groups in total. The summed E-state index contributed by atoms with van der Waals surface area (Å²) in [5.41, 5.74) is 4.57. The van der Waals surface area contributed by atoms with Gasteiger partial charge in [0.15, 0.2) is 0 Å². The Labute approximate surface area is 160 Å². The Hall–Kier alpha value is -3.48. The average Bonchev–Trinajstić information content (AvgIpc) is 3.07. The van der Waals surface area contributed by atoms with Gasteiger partial charge in [-0.3, -0.25) is 9.69 Å². The molecule has 0 atom stereocenters. The summed E-state index contributed by atoms with van der Waals surface area (Å²) >= 11 is 0. The number of hydrogen-bond acceptors (Lipinski definition) is 7. The molecule has 1 amide bonds. The van der Waals surface area contributed by atoms with Gasteiger partial charge in [0.2, 0.25) is 17.6 Å². The van der Waals surface area contributed by atoms with Crippen molar-refractivity contribution in [3.63, 3.8) is 0 Å². The third kappa shape index (κ3) is 6.00. The predicted octanol–water partition coefficient (Wildman–Crippen LogP) is 0.795. The monoisotopic (exact) mass is 416 g/mol. The molecule has 1 aromatic carbocycles. The van der Waals surface area contributed by atoms with Crippen molar-refractivity contribution in [1.29, 1.82) is 0 Å². The molecule has 1 aliphatic rings. The Morgan fingerprint density at radius 3 is 2.34 bits per heavy atom. The highest BCUT2D eigenvalue weighted by Gasteiger charge is 2.34. The standard InChI is InChI=1S/C14H13F3N4O2.C2H2O4/c15-14(16,17)10-3-1-2-8(4-10)12-19-13(23-20-12)9-5-21(6-9)7-11(18)22;3-1(4)2(5)6/h1-4,9H,5-7H2,(H2,18,22);(H,3,4)(H,5,6). The summed E-state index contributed by atoms with van der Waals surface area (Å²) in [5.74, 6) is -3.65. The number of amides is 1. The van der Waals surface area contributed by atoms with Crippen LogP contribution < -0.4 is 5.73 Å². The molecule has 2 aromatic rings. The zero-order chi connectivity index (χ0) is 21.8. The van der Waals surface area contributed by atoms with E-state index in [9.17, 15) is 18.0 Å². The lowest BCUT2D eigenvalue weighted by Gasteiger charge is -2.35. The van der Waals surface area contributed by atoms with E-state index < -0.39 is 29.6 Å². The Morgan fingerprint density at radius 2 is 1.83 bits per heavy atom. The zero-order valence-electron chi connectivity index (χ0n) is 14.6. The molecule has 1 saturated heterocycles. The molecule has 3 rings (SSSR count). The van der Waals surface area contributed by atoms with E-state index in [1.165, 1.54) is 12.1 Å². The number of halogens is 3. The number of carbonyl (C=O) groups is 3. The molecule has 1 aromatic heterocycles. The van der Waals surface area contributed by atoms with Crippen LogP contribution in [-0.4, -0.2) is 62.7 Å². The molecule has 10 nitrogen and oxygen atoms in total. The van der Waals surface area contributed by atoms with Crippen LogP contribution in [0.3, 0.4) is 0 Å². The van der Waals surface area contributed by atoms with E-state index in [0.717, 1.165) is 12.1 Å². The van der Waals surface area contributed by atoms with Crippen LogP contribution in [0.4, 0.5) is 13.2 Å². The highest BCUT2D eigenvalue weighted by atomic mass is 19.4. The number of carboxylic acid groups (broad SMARTS) is 2. The number of alkyl halides is 3. The lowest BCUT2D eigenvalue weighted by molar-refractivity contribution is -0.159. The van der Waals surface area contributed by atoms with E-state index in [1.807, 2.05) is 4.90 Å². The molecular weight excluding hydrogens is 401 g/mol. The average molecular weight is 416 g/mol. The Balaban J connectivity index is 0.000000438. The van der Waals surface area contributed by atoms with Crippen LogP contribution in [0.2, 0.25) is 0 Å². The SMILES string of the molecule is NC(=O)CN1CC(c2nc(-c3cccc(C(F)(F)F)c3)no2)C1.O=C(O)C(=O)O. The lowest BCUT2D eigenvalue weighted by atomic mass is 10.0. The van der Waals surface area contributed by atoms with Gasteiger partial charge in [-0.15, -0.1) is 0 Å². The van der Waals surface area contributed by atoms with Crippen LogP contribution in [0.25, 0.3) is 11.4 Å². The van der Waals surface area contributed by atoms with Crippen molar-refractivity contribution < 1.29 is 42.3 Å². The van der Waals surface area contributed by atoms with Crippen LogP contribution >= 0.6 is 0 Å². The lowest BCUT2D eigenvalue weighted by Crippen LogP contribution is -2.48. The van der Waals surface area contributed by atoms with Gasteiger partial charge < -0.3 is 20.5 Å². The van der Waals surface area contributed by atoms with Crippen molar-refractivity contribution in [3.05, 3.63) is 35.7 Å². The second-order valence-corrected chi connectivity index (χ2v) is 6.00. The Kier molecular flexibility index (Phi) is 6.53. The summed E-state index contributed by atoms with van der Waals surface area (Å²) in [6.45, 7) is 1.26. The second-order valence-electron chi connectivity index (χ2n) is 6.00. The molecule has 29 heavy (non-hydrogen) atoms. The van der Waals surface area contributed by atoms with Crippen LogP contribution in [0, 0.1) is 0 Å². The minimum atomic E-state index is -4.42. The molecule has 0 saturated carbocycles. The normalized spacial score (nSPS) is 14.4. The van der Waals surface area contributed by atoms with Crippen molar-refractivity contribution in [1.82, 2.24) is 15.0 Å². The van der Waals surface area contributed by atoms with E-state index in [2.05, 4.69) is 10.1 Å². The summed E-state index contributed by atoms with van der Waals surface area (Å²) < 4.78 is 43.3. The van der Waals surface area contributed by atoms with Crippen molar-refractivity contribution in [2.45, 2.75) is 12.1 Å². The molecule has 0 unspecified atom stereocenters. The summed E-state index contributed by atoms with van der Waals surface area (Å²) in [4.78, 5) is 35.0. The number of carbonyl (C=O) groups excluding carboxylic acids is 1. The number of nitrogens with two attached hydrogens (primary N) is 1. The van der Waals surface area contributed by atoms with Crippen LogP contribution in [-0.2, 0) is 20.6 Å². The molecule has 13 heteroatoms. The van der Waals surface area contributed by atoms with Crippen LogP contribution in [0.5, 0.6) is 0 Å². The molecule has 0 aliphatic carbocycles. The van der Waals surface area contributed by atoms with E-state index in [-0.39, 0.29) is 23.9 Å². The van der Waals surface area contributed by atoms with Crippen LogP contribution in [0.15, 0.2) is 28.8 Å². The second kappa shape index (κ2) is 8.68. The first-order chi connectivity index (χ1) is 13.5. The summed E-state index contributed by atoms with van der Waals surface area (Å²) in [6.07, 6.45) is -4.42. The largest absolute Gasteiger partial charge is 0.473 e. The van der Waals surface area contributed by atoms with Crippen molar-refractivity contribution in [2.24, 2.45) is 5.73 Å². The molecular formula is C16H15F3N4O6. The maximum absolute atomic E-state index is 12.7. The third-order valence-electron chi connectivity index (χ3n) is 3.76. The molecule has 0 bridgehead atoms. The number of rotatable bonds is 4. The summed E-state index contributed by atoms with van der Waals surface area (Å²) in [6, 6.07) is 4.75. The number of carboxylic acids is 2. The van der Waals surface area contributed by atoms with E-state index >= 15 is 0 Å². The minimum absolute atomic E-state index is 0.0404. The fourth-order valence-electron chi connectivity index (χ4n) is 2.43. The first-order valence-electron chi connectivity index (χ1n) is 7.95. The Bertz CT molecular complexity index is 896. The van der Waals surface area contributed by atoms with Gasteiger partial charge in [-0.25, -0.2) is 9.59 Å². The number of hydrogen-bond donors (Lipinski definition) is 3. The van der Waals surface area contributed by atoms with Crippen LogP contribution in [0.1, 0.15) is 17.4 Å². The maximum Gasteiger partial charge on any atom is 0.416 e. The predicted molar refractivity (Wildman–Crippen MR) is 88.4 cm³/mol. The van der Waals surface area contributed by atoms with Crippen molar-refractivity contribution in [2.75, 3.05) is 19.6 Å². The molecule has 1 fully saturated rings. The van der Waals surface area contributed by atoms with Gasteiger partial charge in [-0.05, 0) is 12.1 Å². The molecule has 0 spiro atoms. The van der Waals surface area contributed by atoms with Gasteiger partial charge in [0.25, 0.3) is 0 Å². The summed E-state index contributed by atoms with van der Waals surface area (Å²) in [7, 11) is 0. The van der Waals surface area contributed by atoms with E-state index in [4.69, 9.17) is 30.1 Å². The van der Waals surface area contributed by atoms with Gasteiger partial charge in [-0.1, -0.05) is 17.3 Å². The van der Waals surface area contributed by atoms with Gasteiger partial charge >= 0.3 is 18.1 Å². The van der Waals surface area contributed by atoms with E-state index in [1.54, 1.807) is 0 Å². The summed E-state index contributed by atoms with van der Waals surface area (Å²) in [5, 5.41) is 18.5. The number of aromatic nitrogens is 2. The molecule has 156 valence electrons.